The van der Waals surface area contributed by atoms with E-state index in [-0.39, 0.29) is 10.8 Å². The average molecular weight is 442 g/mol. The van der Waals surface area contributed by atoms with E-state index in [0.717, 1.165) is 24.8 Å². The summed E-state index contributed by atoms with van der Waals surface area (Å²) >= 11 is 0. The number of methoxy groups -OCH3 is 1. The van der Waals surface area contributed by atoms with Crippen LogP contribution in [-0.2, 0) is 4.43 Å². The highest BCUT2D eigenvalue weighted by Gasteiger charge is 2.36. The number of hydrogen-bond donors (Lipinski definition) is 0. The highest BCUT2D eigenvalue weighted by molar-refractivity contribution is 6.74. The van der Waals surface area contributed by atoms with Crippen LogP contribution >= 0.6 is 0 Å². The molecule has 0 atom stereocenters. The second-order valence-electron chi connectivity index (χ2n) is 9.74. The first-order chi connectivity index (χ1) is 14.6. The lowest BCUT2D eigenvalue weighted by Gasteiger charge is -2.36. The third kappa shape index (κ3) is 5.95. The molecule has 1 aliphatic carbocycles. The van der Waals surface area contributed by atoms with Crippen LogP contribution in [0.5, 0.6) is 11.6 Å². The first-order valence-corrected chi connectivity index (χ1v) is 14.0. The molecule has 1 aromatic heterocycles. The number of ketones is 1. The summed E-state index contributed by atoms with van der Waals surface area (Å²) in [7, 11) is -0.125. The molecule has 168 valence electrons. The topological polar surface area (TPSA) is 57.7 Å². The fraction of sp³-hybridized carbons (Fsp3) is 0.520. The van der Waals surface area contributed by atoms with E-state index in [2.05, 4.69) is 38.8 Å². The Kier molecular flexibility index (Phi) is 7.22. The van der Waals surface area contributed by atoms with Crippen molar-refractivity contribution in [2.45, 2.75) is 64.1 Å². The normalized spacial score (nSPS) is 14.4. The molecular weight excluding hydrogens is 406 g/mol. The summed E-state index contributed by atoms with van der Waals surface area (Å²) in [5.74, 6) is 1.62. The molecule has 1 heterocycles. The molecule has 5 nitrogen and oxygen atoms in total. The van der Waals surface area contributed by atoms with Gasteiger partial charge in [-0.05, 0) is 55.1 Å². The maximum absolute atomic E-state index is 13.0. The van der Waals surface area contributed by atoms with E-state index in [1.165, 1.54) is 0 Å². The summed E-state index contributed by atoms with van der Waals surface area (Å²) in [5.41, 5.74) is 2.04. The largest absolute Gasteiger partial charge is 0.493 e. The lowest BCUT2D eigenvalue weighted by molar-refractivity contribution is 0.103. The molecule has 0 aliphatic heterocycles. The first kappa shape index (κ1) is 23.5. The maximum atomic E-state index is 13.0. The number of carbonyl (C=O) groups is 1. The van der Waals surface area contributed by atoms with Gasteiger partial charge in [-0.25, -0.2) is 4.98 Å². The number of pyridine rings is 1. The van der Waals surface area contributed by atoms with Crippen molar-refractivity contribution in [1.82, 2.24) is 4.98 Å². The molecule has 1 saturated carbocycles. The van der Waals surface area contributed by atoms with Crippen LogP contribution in [0.1, 0.15) is 67.6 Å². The zero-order chi connectivity index (χ0) is 22.6. The van der Waals surface area contributed by atoms with Gasteiger partial charge in [0.15, 0.2) is 8.32 Å². The summed E-state index contributed by atoms with van der Waals surface area (Å²) in [4.78, 5) is 17.4. The van der Waals surface area contributed by atoms with Crippen LogP contribution in [0.3, 0.4) is 0 Å². The quantitative estimate of drug-likeness (QED) is 0.257. The molecule has 3 rings (SSSR count). The molecule has 0 saturated heterocycles. The van der Waals surface area contributed by atoms with Crippen LogP contribution in [0.2, 0.25) is 18.1 Å². The van der Waals surface area contributed by atoms with Gasteiger partial charge in [0.2, 0.25) is 11.7 Å². The van der Waals surface area contributed by atoms with Gasteiger partial charge in [-0.2, -0.15) is 0 Å². The van der Waals surface area contributed by atoms with Crippen molar-refractivity contribution in [3.05, 3.63) is 53.2 Å². The minimum absolute atomic E-state index is 0.132. The Bertz CT molecular complexity index is 916. The highest BCUT2D eigenvalue weighted by atomic mass is 28.4. The van der Waals surface area contributed by atoms with Crippen LogP contribution in [0, 0.1) is 0 Å². The van der Waals surface area contributed by atoms with Crippen molar-refractivity contribution < 1.29 is 18.7 Å². The smallest absolute Gasteiger partial charge is 0.217 e. The second kappa shape index (κ2) is 9.53. The second-order valence-corrected chi connectivity index (χ2v) is 14.5. The van der Waals surface area contributed by atoms with E-state index in [0.29, 0.717) is 42.0 Å². The molecule has 1 aliphatic rings. The van der Waals surface area contributed by atoms with Crippen LogP contribution < -0.4 is 9.47 Å². The number of rotatable bonds is 10. The zero-order valence-electron chi connectivity index (χ0n) is 19.7. The van der Waals surface area contributed by atoms with Crippen molar-refractivity contribution in [2.75, 3.05) is 20.3 Å². The third-order valence-corrected chi connectivity index (χ3v) is 10.8. The lowest BCUT2D eigenvalue weighted by atomic mass is 10.1. The van der Waals surface area contributed by atoms with E-state index >= 15 is 0 Å². The van der Waals surface area contributed by atoms with E-state index in [9.17, 15) is 4.79 Å². The van der Waals surface area contributed by atoms with E-state index in [1.807, 2.05) is 18.2 Å². The summed E-state index contributed by atoms with van der Waals surface area (Å²) in [6.07, 6.45) is 3.13. The van der Waals surface area contributed by atoms with E-state index < -0.39 is 8.32 Å². The molecule has 0 radical (unpaired) electrons. The van der Waals surface area contributed by atoms with Crippen molar-refractivity contribution in [2.24, 2.45) is 0 Å². The summed E-state index contributed by atoms with van der Waals surface area (Å²) < 4.78 is 17.5. The van der Waals surface area contributed by atoms with Crippen LogP contribution in [0.4, 0.5) is 0 Å². The van der Waals surface area contributed by atoms with Crippen molar-refractivity contribution in [3.63, 3.8) is 0 Å². The van der Waals surface area contributed by atoms with Gasteiger partial charge in [-0.1, -0.05) is 39.0 Å². The van der Waals surface area contributed by atoms with Crippen molar-refractivity contribution in [3.8, 4) is 11.6 Å². The molecule has 31 heavy (non-hydrogen) atoms. The van der Waals surface area contributed by atoms with Gasteiger partial charge in [0, 0.05) is 24.2 Å². The highest BCUT2D eigenvalue weighted by Crippen LogP contribution is 2.43. The molecule has 0 spiro atoms. The number of ether oxygens (including phenoxy) is 2. The standard InChI is InChI=1S/C25H35NO4Si/c1-25(2,3)31(5,6)30-16-8-15-29-20-10-7-9-19(17-20)23(27)22-14-13-21(18-11-12-18)24(26-22)28-4/h7,9-10,13-14,17-18H,8,11-12,15-16H2,1-6H3. The van der Waals surface area contributed by atoms with Crippen molar-refractivity contribution in [1.29, 1.82) is 0 Å². The lowest BCUT2D eigenvalue weighted by Crippen LogP contribution is -2.41. The van der Waals surface area contributed by atoms with Gasteiger partial charge in [0.25, 0.3) is 0 Å². The Hall–Kier alpha value is -2.18. The molecular formula is C25H35NO4Si. The first-order valence-electron chi connectivity index (χ1n) is 11.1. The SMILES string of the molecule is COc1nc(C(=O)c2cccc(OCCCO[Si](C)(C)C(C)(C)C)c2)ccc1C1CC1. The van der Waals surface area contributed by atoms with Gasteiger partial charge in [0.1, 0.15) is 11.4 Å². The van der Waals surface area contributed by atoms with E-state index in [4.69, 9.17) is 13.9 Å². The number of nitrogens with zero attached hydrogens (tertiary/aromatic N) is 1. The molecule has 0 N–H and O–H groups in total. The number of benzene rings is 1. The Morgan fingerprint density at radius 2 is 1.87 bits per heavy atom. The van der Waals surface area contributed by atoms with Crippen LogP contribution in [0.15, 0.2) is 36.4 Å². The number of aromatic nitrogens is 1. The minimum Gasteiger partial charge on any atom is -0.493 e. The molecule has 6 heteroatoms. The Morgan fingerprint density at radius 1 is 1.13 bits per heavy atom. The van der Waals surface area contributed by atoms with Gasteiger partial charge in [0.05, 0.1) is 13.7 Å². The number of carbonyl (C=O) groups excluding carboxylic acids is 1. The van der Waals surface area contributed by atoms with Gasteiger partial charge < -0.3 is 13.9 Å². The Morgan fingerprint density at radius 3 is 2.52 bits per heavy atom. The molecule has 0 bridgehead atoms. The fourth-order valence-corrected chi connectivity index (χ4v) is 4.20. The molecule has 2 aromatic rings. The average Bonchev–Trinajstić information content (AvgIpc) is 3.57. The monoisotopic (exact) mass is 441 g/mol. The predicted octanol–water partition coefficient (Wildman–Crippen LogP) is 5.99. The Labute approximate surface area is 187 Å². The third-order valence-electron chi connectivity index (χ3n) is 6.26. The van der Waals surface area contributed by atoms with Crippen LogP contribution in [0.25, 0.3) is 0 Å². The number of hydrogen-bond acceptors (Lipinski definition) is 5. The Balaban J connectivity index is 1.57. The van der Waals surface area contributed by atoms with Gasteiger partial charge >= 0.3 is 0 Å². The van der Waals surface area contributed by atoms with Gasteiger partial charge in [-0.15, -0.1) is 0 Å². The maximum Gasteiger partial charge on any atom is 0.217 e. The molecule has 0 unspecified atom stereocenters. The fourth-order valence-electron chi connectivity index (χ4n) is 3.11. The molecule has 1 fully saturated rings. The van der Waals surface area contributed by atoms with Crippen molar-refractivity contribution >= 4 is 14.1 Å². The molecule has 1 aromatic carbocycles. The minimum atomic E-state index is -1.73. The zero-order valence-corrected chi connectivity index (χ0v) is 20.7. The van der Waals surface area contributed by atoms with E-state index in [1.54, 1.807) is 25.3 Å². The predicted molar refractivity (Wildman–Crippen MR) is 126 cm³/mol. The van der Waals surface area contributed by atoms with Gasteiger partial charge in [-0.3, -0.25) is 4.79 Å². The summed E-state index contributed by atoms with van der Waals surface area (Å²) in [5, 5.41) is 0.204. The summed E-state index contributed by atoms with van der Waals surface area (Å²) in [6, 6.07) is 11.0. The summed E-state index contributed by atoms with van der Waals surface area (Å²) in [6.45, 7) is 12.5. The molecule has 0 amide bonds. The van der Waals surface area contributed by atoms with Crippen LogP contribution in [-0.4, -0.2) is 39.4 Å².